The Hall–Kier alpha value is -2.11. The van der Waals surface area contributed by atoms with Gasteiger partial charge in [-0.2, -0.15) is 0 Å². The summed E-state index contributed by atoms with van der Waals surface area (Å²) in [6.45, 7) is 2.10. The molecule has 1 fully saturated rings. The molecule has 2 heterocycles. The van der Waals surface area contributed by atoms with Crippen LogP contribution in [0, 0.1) is 6.92 Å². The van der Waals surface area contributed by atoms with E-state index in [1.54, 1.807) is 17.2 Å². The quantitative estimate of drug-likeness (QED) is 0.619. The van der Waals surface area contributed by atoms with E-state index in [2.05, 4.69) is 10.3 Å². The first-order valence-corrected chi connectivity index (χ1v) is 4.86. The van der Waals surface area contributed by atoms with Crippen LogP contribution in [-0.4, -0.2) is 29.9 Å². The number of hydrogen-bond acceptors (Lipinski definition) is 5. The Bertz CT molecular complexity index is 442. The van der Waals surface area contributed by atoms with E-state index in [1.165, 1.54) is 0 Å². The third kappa shape index (κ3) is 1.95. The Morgan fingerprint density at radius 2 is 2.00 bits per heavy atom. The molecule has 6 heteroatoms. The predicted octanol–water partition coefficient (Wildman–Crippen LogP) is -0.565. The lowest BCUT2D eigenvalue weighted by atomic mass is 10.2. The summed E-state index contributed by atoms with van der Waals surface area (Å²) in [7, 11) is 0. The number of carbonyl (C=O) groups excluding carboxylic acids is 2. The number of anilines is 2. The summed E-state index contributed by atoms with van der Waals surface area (Å²) >= 11 is 0. The van der Waals surface area contributed by atoms with E-state index in [0.29, 0.717) is 11.5 Å². The van der Waals surface area contributed by atoms with E-state index in [4.69, 9.17) is 5.73 Å². The number of nitrogens with zero attached hydrogens (tertiary/aromatic N) is 2. The molecule has 1 aliphatic heterocycles. The van der Waals surface area contributed by atoms with Crippen LogP contribution in [0.4, 0.5) is 11.5 Å². The lowest BCUT2D eigenvalue weighted by molar-refractivity contribution is -0.130. The SMILES string of the molecule is Cc1cnc(N2CC(=O)NC(=O)C2)cc1N. The molecule has 16 heavy (non-hydrogen) atoms. The fourth-order valence-electron chi connectivity index (χ4n) is 1.50. The smallest absolute Gasteiger partial charge is 0.246 e. The molecule has 0 unspecified atom stereocenters. The number of piperazine rings is 1. The van der Waals surface area contributed by atoms with E-state index in [0.717, 1.165) is 5.56 Å². The first-order chi connectivity index (χ1) is 7.56. The highest BCUT2D eigenvalue weighted by Gasteiger charge is 2.23. The zero-order valence-corrected chi connectivity index (χ0v) is 8.86. The van der Waals surface area contributed by atoms with Gasteiger partial charge in [-0.3, -0.25) is 14.9 Å². The predicted molar refractivity (Wildman–Crippen MR) is 58.7 cm³/mol. The molecule has 0 atom stereocenters. The summed E-state index contributed by atoms with van der Waals surface area (Å²) in [5.74, 6) is -0.0966. The standard InChI is InChI=1S/C10H12N4O2/c1-6-3-12-8(2-7(6)11)14-4-9(15)13-10(16)5-14/h2-3H,4-5H2,1H3,(H2,11,12)(H,13,15,16). The number of nitrogens with two attached hydrogens (primary N) is 1. The topological polar surface area (TPSA) is 88.3 Å². The fourth-order valence-corrected chi connectivity index (χ4v) is 1.50. The number of nitrogens with one attached hydrogen (secondary N) is 1. The third-order valence-electron chi connectivity index (χ3n) is 2.40. The van der Waals surface area contributed by atoms with Gasteiger partial charge in [-0.15, -0.1) is 0 Å². The highest BCUT2D eigenvalue weighted by molar-refractivity contribution is 6.02. The maximum Gasteiger partial charge on any atom is 0.246 e. The van der Waals surface area contributed by atoms with Crippen LogP contribution in [0.25, 0.3) is 0 Å². The zero-order valence-electron chi connectivity index (χ0n) is 8.86. The van der Waals surface area contributed by atoms with Crippen LogP contribution in [0.5, 0.6) is 0 Å². The second-order valence-electron chi connectivity index (χ2n) is 3.73. The van der Waals surface area contributed by atoms with Crippen molar-refractivity contribution in [2.45, 2.75) is 6.92 Å². The van der Waals surface area contributed by atoms with Crippen molar-refractivity contribution in [3.8, 4) is 0 Å². The number of nitrogen functional groups attached to an aromatic ring is 1. The third-order valence-corrected chi connectivity index (χ3v) is 2.40. The van der Waals surface area contributed by atoms with Crippen molar-refractivity contribution >= 4 is 23.3 Å². The second-order valence-corrected chi connectivity index (χ2v) is 3.73. The molecule has 1 saturated heterocycles. The number of imide groups is 1. The van der Waals surface area contributed by atoms with E-state index in [9.17, 15) is 9.59 Å². The van der Waals surface area contributed by atoms with Crippen LogP contribution in [0.2, 0.25) is 0 Å². The maximum absolute atomic E-state index is 11.2. The molecule has 1 aromatic rings. The van der Waals surface area contributed by atoms with E-state index >= 15 is 0 Å². The van der Waals surface area contributed by atoms with Crippen molar-refractivity contribution in [1.29, 1.82) is 0 Å². The van der Waals surface area contributed by atoms with E-state index in [1.807, 2.05) is 6.92 Å². The first kappa shape index (κ1) is 10.4. The van der Waals surface area contributed by atoms with Crippen molar-refractivity contribution in [3.63, 3.8) is 0 Å². The van der Waals surface area contributed by atoms with Crippen LogP contribution in [0.3, 0.4) is 0 Å². The van der Waals surface area contributed by atoms with Gasteiger partial charge in [-0.05, 0) is 12.5 Å². The average molecular weight is 220 g/mol. The normalized spacial score (nSPS) is 16.2. The summed E-state index contributed by atoms with van der Waals surface area (Å²) in [6, 6.07) is 1.67. The van der Waals surface area contributed by atoms with Gasteiger partial charge in [0, 0.05) is 18.0 Å². The molecule has 0 radical (unpaired) electrons. The van der Waals surface area contributed by atoms with Gasteiger partial charge >= 0.3 is 0 Å². The van der Waals surface area contributed by atoms with Gasteiger partial charge in [-0.1, -0.05) is 0 Å². The summed E-state index contributed by atoms with van der Waals surface area (Å²) in [5, 5.41) is 2.23. The molecule has 1 aliphatic rings. The van der Waals surface area contributed by atoms with Gasteiger partial charge in [0.15, 0.2) is 0 Å². The Labute approximate surface area is 92.4 Å². The lowest BCUT2D eigenvalue weighted by Crippen LogP contribution is -2.51. The first-order valence-electron chi connectivity index (χ1n) is 4.86. The molecular formula is C10H12N4O2. The highest BCUT2D eigenvalue weighted by Crippen LogP contribution is 2.18. The zero-order chi connectivity index (χ0) is 11.7. The number of rotatable bonds is 1. The van der Waals surface area contributed by atoms with Crippen LogP contribution in [0.15, 0.2) is 12.3 Å². The molecule has 2 rings (SSSR count). The summed E-state index contributed by atoms with van der Waals surface area (Å²) in [4.78, 5) is 28.1. The van der Waals surface area contributed by atoms with Gasteiger partial charge in [0.25, 0.3) is 0 Å². The minimum Gasteiger partial charge on any atom is -0.398 e. The van der Waals surface area contributed by atoms with Crippen LogP contribution < -0.4 is 16.0 Å². The molecule has 3 N–H and O–H groups in total. The van der Waals surface area contributed by atoms with Gasteiger partial charge in [0.1, 0.15) is 5.82 Å². The number of pyridine rings is 1. The van der Waals surface area contributed by atoms with Crippen LogP contribution in [-0.2, 0) is 9.59 Å². The molecule has 2 amide bonds. The second kappa shape index (κ2) is 3.80. The number of amides is 2. The van der Waals surface area contributed by atoms with E-state index < -0.39 is 0 Å². The molecule has 0 spiro atoms. The largest absolute Gasteiger partial charge is 0.398 e. The lowest BCUT2D eigenvalue weighted by Gasteiger charge is -2.26. The molecule has 1 aromatic heterocycles. The minimum absolute atomic E-state index is 0.126. The van der Waals surface area contributed by atoms with Crippen LogP contribution >= 0.6 is 0 Å². The Morgan fingerprint density at radius 3 is 2.56 bits per heavy atom. The average Bonchev–Trinajstić information content (AvgIpc) is 2.20. The van der Waals surface area contributed by atoms with Crippen molar-refractivity contribution in [3.05, 3.63) is 17.8 Å². The molecule has 0 bridgehead atoms. The van der Waals surface area contributed by atoms with E-state index in [-0.39, 0.29) is 24.9 Å². The Morgan fingerprint density at radius 1 is 1.38 bits per heavy atom. The molecule has 84 valence electrons. The van der Waals surface area contributed by atoms with Crippen molar-refractivity contribution < 1.29 is 9.59 Å². The van der Waals surface area contributed by atoms with Gasteiger partial charge < -0.3 is 10.6 Å². The molecule has 0 aliphatic carbocycles. The maximum atomic E-state index is 11.2. The Kier molecular flexibility index (Phi) is 2.47. The molecular weight excluding hydrogens is 208 g/mol. The Balaban J connectivity index is 2.26. The minimum atomic E-state index is -0.322. The summed E-state index contributed by atoms with van der Waals surface area (Å²) in [6.07, 6.45) is 1.63. The van der Waals surface area contributed by atoms with Crippen molar-refractivity contribution in [2.75, 3.05) is 23.7 Å². The summed E-state index contributed by atoms with van der Waals surface area (Å²) < 4.78 is 0. The monoisotopic (exact) mass is 220 g/mol. The van der Waals surface area contributed by atoms with Crippen LogP contribution in [0.1, 0.15) is 5.56 Å². The van der Waals surface area contributed by atoms with Crippen molar-refractivity contribution in [2.24, 2.45) is 0 Å². The number of carbonyl (C=O) groups is 2. The number of aromatic nitrogens is 1. The van der Waals surface area contributed by atoms with Gasteiger partial charge in [-0.25, -0.2) is 4.98 Å². The molecule has 6 nitrogen and oxygen atoms in total. The highest BCUT2D eigenvalue weighted by atomic mass is 16.2. The number of aryl methyl sites for hydroxylation is 1. The van der Waals surface area contributed by atoms with Gasteiger partial charge in [0.2, 0.25) is 11.8 Å². The number of hydrogen-bond donors (Lipinski definition) is 2. The fraction of sp³-hybridized carbons (Fsp3) is 0.300. The van der Waals surface area contributed by atoms with Gasteiger partial charge in [0.05, 0.1) is 13.1 Å². The summed E-state index contributed by atoms with van der Waals surface area (Å²) in [5.41, 5.74) is 7.22. The molecule has 0 aromatic carbocycles. The molecule has 0 saturated carbocycles. The van der Waals surface area contributed by atoms with Crippen molar-refractivity contribution in [1.82, 2.24) is 10.3 Å².